The van der Waals surface area contributed by atoms with Crippen LogP contribution in [0.15, 0.2) is 24.3 Å². The Morgan fingerprint density at radius 3 is 2.61 bits per heavy atom. The molecule has 1 aromatic rings. The molecule has 1 amide bonds. The van der Waals surface area contributed by atoms with Crippen LogP contribution in [-0.4, -0.2) is 54.0 Å². The van der Waals surface area contributed by atoms with Gasteiger partial charge >= 0.3 is 0 Å². The van der Waals surface area contributed by atoms with Gasteiger partial charge in [0.1, 0.15) is 0 Å². The fourth-order valence-electron chi connectivity index (χ4n) is 3.06. The van der Waals surface area contributed by atoms with Gasteiger partial charge in [-0.3, -0.25) is 9.59 Å². The average Bonchev–Trinajstić information content (AvgIpc) is 2.87. The zero-order chi connectivity index (χ0) is 16.2. The number of hydrogen-bond donors (Lipinski definition) is 0. The number of morpholine rings is 1. The molecule has 0 aliphatic carbocycles. The van der Waals surface area contributed by atoms with Crippen LogP contribution in [0.4, 0.5) is 5.69 Å². The van der Waals surface area contributed by atoms with E-state index in [2.05, 4.69) is 29.2 Å². The number of thioether (sulfide) groups is 1. The van der Waals surface area contributed by atoms with Crippen molar-refractivity contribution in [2.45, 2.75) is 25.1 Å². The second-order valence-electron chi connectivity index (χ2n) is 5.98. The number of rotatable bonds is 4. The molecule has 23 heavy (non-hydrogen) atoms. The van der Waals surface area contributed by atoms with Crippen LogP contribution < -0.4 is 4.90 Å². The van der Waals surface area contributed by atoms with Crippen molar-refractivity contribution in [2.24, 2.45) is 0 Å². The zero-order valence-corrected chi connectivity index (χ0v) is 14.2. The highest BCUT2D eigenvalue weighted by Crippen LogP contribution is 2.26. The van der Waals surface area contributed by atoms with Crippen LogP contribution in [-0.2, 0) is 20.9 Å². The predicted molar refractivity (Wildman–Crippen MR) is 91.6 cm³/mol. The van der Waals surface area contributed by atoms with E-state index in [1.54, 1.807) is 6.92 Å². The minimum absolute atomic E-state index is 0.0829. The lowest BCUT2D eigenvalue weighted by atomic mass is 10.2. The minimum atomic E-state index is 0.0829. The molecule has 0 bridgehead atoms. The third-order valence-electron chi connectivity index (χ3n) is 4.20. The molecule has 3 rings (SSSR count). The molecule has 1 atom stereocenters. The third kappa shape index (κ3) is 4.26. The Morgan fingerprint density at radius 1 is 1.26 bits per heavy atom. The van der Waals surface area contributed by atoms with Gasteiger partial charge in [-0.1, -0.05) is 23.9 Å². The summed E-state index contributed by atoms with van der Waals surface area (Å²) in [6, 6.07) is 8.40. The minimum Gasteiger partial charge on any atom is -0.378 e. The molecule has 1 aromatic carbocycles. The lowest BCUT2D eigenvalue weighted by molar-refractivity contribution is -0.128. The van der Waals surface area contributed by atoms with E-state index in [4.69, 9.17) is 4.74 Å². The van der Waals surface area contributed by atoms with Gasteiger partial charge in [-0.25, -0.2) is 0 Å². The van der Waals surface area contributed by atoms with Gasteiger partial charge in [0.15, 0.2) is 5.12 Å². The molecule has 5 nitrogen and oxygen atoms in total. The summed E-state index contributed by atoms with van der Waals surface area (Å²) >= 11 is 1.28. The van der Waals surface area contributed by atoms with Crippen LogP contribution in [0.3, 0.4) is 0 Å². The molecule has 2 heterocycles. The molecule has 0 N–H and O–H groups in total. The summed E-state index contributed by atoms with van der Waals surface area (Å²) in [4.78, 5) is 27.4. The van der Waals surface area contributed by atoms with Gasteiger partial charge in [0.05, 0.1) is 13.2 Å². The summed E-state index contributed by atoms with van der Waals surface area (Å²) in [6.07, 6.45) is 0.468. The molecular formula is C17H22N2O3S. The van der Waals surface area contributed by atoms with E-state index in [1.165, 1.54) is 17.4 Å². The Kier molecular flexibility index (Phi) is 5.23. The molecule has 2 aliphatic heterocycles. The van der Waals surface area contributed by atoms with Crippen LogP contribution in [0, 0.1) is 0 Å². The molecule has 0 spiro atoms. The van der Waals surface area contributed by atoms with Gasteiger partial charge in [-0.2, -0.15) is 0 Å². The Morgan fingerprint density at radius 2 is 1.96 bits per heavy atom. The van der Waals surface area contributed by atoms with E-state index < -0.39 is 0 Å². The number of likely N-dealkylation sites (tertiary alicyclic amines) is 1. The van der Waals surface area contributed by atoms with Gasteiger partial charge in [-0.15, -0.1) is 0 Å². The summed E-state index contributed by atoms with van der Waals surface area (Å²) in [6.45, 7) is 6.24. The maximum absolute atomic E-state index is 12.1. The highest BCUT2D eigenvalue weighted by molar-refractivity contribution is 8.14. The molecule has 2 fully saturated rings. The van der Waals surface area contributed by atoms with Gasteiger partial charge < -0.3 is 14.5 Å². The maximum atomic E-state index is 12.1. The third-order valence-corrected chi connectivity index (χ3v) is 5.18. The molecule has 0 aromatic heterocycles. The molecule has 2 saturated heterocycles. The topological polar surface area (TPSA) is 49.9 Å². The summed E-state index contributed by atoms with van der Waals surface area (Å²) in [7, 11) is 0. The number of carbonyl (C=O) groups is 2. The maximum Gasteiger partial charge on any atom is 0.224 e. The van der Waals surface area contributed by atoms with Crippen LogP contribution in [0.2, 0.25) is 0 Å². The average molecular weight is 334 g/mol. The second-order valence-corrected chi connectivity index (χ2v) is 7.45. The van der Waals surface area contributed by atoms with Gasteiger partial charge in [0.2, 0.25) is 5.91 Å². The number of hydrogen-bond acceptors (Lipinski definition) is 5. The lowest BCUT2D eigenvalue weighted by Gasteiger charge is -2.29. The van der Waals surface area contributed by atoms with Crippen molar-refractivity contribution in [1.82, 2.24) is 4.90 Å². The van der Waals surface area contributed by atoms with Crippen molar-refractivity contribution in [3.05, 3.63) is 29.8 Å². The number of anilines is 1. The van der Waals surface area contributed by atoms with Gasteiger partial charge in [0, 0.05) is 50.5 Å². The molecule has 124 valence electrons. The molecule has 1 unspecified atom stereocenters. The Bertz CT molecular complexity index is 570. The van der Waals surface area contributed by atoms with Crippen LogP contribution in [0.5, 0.6) is 0 Å². The largest absolute Gasteiger partial charge is 0.378 e. The van der Waals surface area contributed by atoms with E-state index in [0.29, 0.717) is 19.5 Å². The van der Waals surface area contributed by atoms with Crippen molar-refractivity contribution >= 4 is 28.5 Å². The summed E-state index contributed by atoms with van der Waals surface area (Å²) in [5.41, 5.74) is 2.33. The van der Waals surface area contributed by atoms with Crippen molar-refractivity contribution in [3.8, 4) is 0 Å². The first-order valence-corrected chi connectivity index (χ1v) is 8.86. The summed E-state index contributed by atoms with van der Waals surface area (Å²) in [5, 5.41) is 0.187. The first-order chi connectivity index (χ1) is 11.1. The van der Waals surface area contributed by atoms with Crippen LogP contribution in [0.1, 0.15) is 18.9 Å². The van der Waals surface area contributed by atoms with Crippen molar-refractivity contribution in [3.63, 3.8) is 0 Å². The molecule has 0 saturated carbocycles. The van der Waals surface area contributed by atoms with E-state index in [0.717, 1.165) is 31.9 Å². The second kappa shape index (κ2) is 7.36. The quantitative estimate of drug-likeness (QED) is 0.842. The van der Waals surface area contributed by atoms with E-state index in [-0.39, 0.29) is 16.3 Å². The Hall–Kier alpha value is -1.53. The highest BCUT2D eigenvalue weighted by atomic mass is 32.2. The van der Waals surface area contributed by atoms with E-state index in [9.17, 15) is 9.59 Å². The van der Waals surface area contributed by atoms with E-state index in [1.807, 2.05) is 4.90 Å². The number of carbonyl (C=O) groups excluding carboxylic acids is 2. The first-order valence-electron chi connectivity index (χ1n) is 7.98. The number of ether oxygens (including phenoxy) is 1. The van der Waals surface area contributed by atoms with Crippen LogP contribution in [0.25, 0.3) is 0 Å². The van der Waals surface area contributed by atoms with Crippen molar-refractivity contribution in [2.75, 3.05) is 37.7 Å². The van der Waals surface area contributed by atoms with Crippen molar-refractivity contribution < 1.29 is 14.3 Å². The zero-order valence-electron chi connectivity index (χ0n) is 13.4. The Balaban J connectivity index is 1.57. The smallest absolute Gasteiger partial charge is 0.224 e. The van der Waals surface area contributed by atoms with Gasteiger partial charge in [-0.05, 0) is 17.7 Å². The van der Waals surface area contributed by atoms with Crippen molar-refractivity contribution in [1.29, 1.82) is 0 Å². The molecule has 0 radical (unpaired) electrons. The van der Waals surface area contributed by atoms with E-state index >= 15 is 0 Å². The standard InChI is InChI=1S/C17H22N2O3S/c1-13(20)23-16-10-17(21)19(12-16)11-14-2-4-15(5-3-14)18-6-8-22-9-7-18/h2-5,16H,6-12H2,1H3. The molecule has 6 heteroatoms. The van der Waals surface area contributed by atoms with Crippen LogP contribution >= 0.6 is 11.8 Å². The monoisotopic (exact) mass is 334 g/mol. The summed E-state index contributed by atoms with van der Waals surface area (Å²) < 4.78 is 5.37. The number of nitrogens with zero attached hydrogens (tertiary/aromatic N) is 2. The predicted octanol–water partition coefficient (Wildman–Crippen LogP) is 1.90. The first kappa shape index (κ1) is 16.3. The molecular weight excluding hydrogens is 312 g/mol. The summed E-state index contributed by atoms with van der Waals surface area (Å²) in [5.74, 6) is 0.140. The number of amides is 1. The molecule has 2 aliphatic rings. The Labute approximate surface area is 141 Å². The highest BCUT2D eigenvalue weighted by Gasteiger charge is 2.30. The normalized spacial score (nSPS) is 21.8. The lowest BCUT2D eigenvalue weighted by Crippen LogP contribution is -2.36. The number of benzene rings is 1. The fraction of sp³-hybridized carbons (Fsp3) is 0.529. The van der Waals surface area contributed by atoms with Gasteiger partial charge in [0.25, 0.3) is 0 Å². The SMILES string of the molecule is CC(=O)SC1CC(=O)N(Cc2ccc(N3CCOCC3)cc2)C1. The fourth-order valence-corrected chi connectivity index (χ4v) is 4.01.